The number of anilines is 1. The first-order valence-electron chi connectivity index (χ1n) is 5.99. The number of thiophene rings is 1. The van der Waals surface area contributed by atoms with E-state index in [1.54, 1.807) is 6.20 Å². The summed E-state index contributed by atoms with van der Waals surface area (Å²) in [6.07, 6.45) is 4.68. The second-order valence-corrected chi connectivity index (χ2v) is 5.69. The third kappa shape index (κ3) is 1.99. The molecule has 0 fully saturated rings. The van der Waals surface area contributed by atoms with Crippen molar-refractivity contribution in [1.29, 1.82) is 0 Å². The molecule has 3 nitrogen and oxygen atoms in total. The Kier molecular flexibility index (Phi) is 3.22. The molecule has 0 aromatic carbocycles. The van der Waals surface area contributed by atoms with Crippen molar-refractivity contribution < 1.29 is 0 Å². The van der Waals surface area contributed by atoms with Crippen LogP contribution in [0, 0.1) is 0 Å². The number of rotatable bonds is 2. The highest BCUT2D eigenvalue weighted by atomic mass is 35.5. The molecule has 1 atom stereocenters. The molecule has 0 bridgehead atoms. The lowest BCUT2D eigenvalue weighted by Crippen LogP contribution is -2.33. The molecule has 0 radical (unpaired) electrons. The molecule has 2 aromatic rings. The molecule has 1 aliphatic heterocycles. The van der Waals surface area contributed by atoms with Crippen LogP contribution in [-0.4, -0.2) is 16.5 Å². The van der Waals surface area contributed by atoms with Gasteiger partial charge in [-0.1, -0.05) is 0 Å². The van der Waals surface area contributed by atoms with E-state index >= 15 is 0 Å². The number of hydrogen-bond donors (Lipinski definition) is 0. The molecule has 94 valence electrons. The van der Waals surface area contributed by atoms with Crippen LogP contribution in [0.3, 0.4) is 0 Å². The van der Waals surface area contributed by atoms with Crippen LogP contribution in [0.1, 0.15) is 29.1 Å². The predicted molar refractivity (Wildman–Crippen MR) is 75.4 cm³/mol. The normalized spacial score (nSPS) is 18.8. The van der Waals surface area contributed by atoms with Crippen molar-refractivity contribution in [3.8, 4) is 0 Å². The Balaban J connectivity index is 1.89. The zero-order valence-electron chi connectivity index (χ0n) is 10.1. The third-order valence-electron chi connectivity index (χ3n) is 3.40. The number of nitrogens with zero attached hydrogens (tertiary/aromatic N) is 3. The van der Waals surface area contributed by atoms with Gasteiger partial charge < -0.3 is 4.90 Å². The zero-order chi connectivity index (χ0) is 12.5. The highest BCUT2D eigenvalue weighted by molar-refractivity contribution is 7.10. The van der Waals surface area contributed by atoms with E-state index in [4.69, 9.17) is 11.6 Å². The van der Waals surface area contributed by atoms with Gasteiger partial charge in [-0.25, -0.2) is 4.98 Å². The number of alkyl halides is 1. The number of hydrogen-bond acceptors (Lipinski definition) is 4. The molecule has 18 heavy (non-hydrogen) atoms. The predicted octanol–water partition coefficient (Wildman–Crippen LogP) is 3.40. The van der Waals surface area contributed by atoms with Crippen LogP contribution in [0.2, 0.25) is 0 Å². The maximum atomic E-state index is 5.73. The molecule has 1 aliphatic rings. The van der Waals surface area contributed by atoms with Gasteiger partial charge in [0, 0.05) is 11.4 Å². The molecule has 0 saturated carbocycles. The smallest absolute Gasteiger partial charge is 0.147 e. The Morgan fingerprint density at radius 1 is 1.44 bits per heavy atom. The SMILES string of the molecule is CC1c2ccsc2CCN1c1cnc(CCl)cn1. The standard InChI is InChI=1S/C13H14ClN3S/c1-9-11-3-5-18-12(11)2-4-17(9)13-8-15-10(6-14)7-16-13/h3,5,7-9H,2,4,6H2,1H3. The van der Waals surface area contributed by atoms with E-state index in [-0.39, 0.29) is 0 Å². The molecule has 5 heteroatoms. The van der Waals surface area contributed by atoms with Crippen LogP contribution in [-0.2, 0) is 12.3 Å². The fraction of sp³-hybridized carbons (Fsp3) is 0.385. The van der Waals surface area contributed by atoms with Gasteiger partial charge in [0.2, 0.25) is 0 Å². The molecule has 3 rings (SSSR count). The maximum Gasteiger partial charge on any atom is 0.147 e. The summed E-state index contributed by atoms with van der Waals surface area (Å²) in [4.78, 5) is 12.6. The van der Waals surface area contributed by atoms with Gasteiger partial charge in [0.05, 0.1) is 30.0 Å². The monoisotopic (exact) mass is 279 g/mol. The first-order chi connectivity index (χ1) is 8.79. The Morgan fingerprint density at radius 2 is 2.33 bits per heavy atom. The van der Waals surface area contributed by atoms with E-state index in [0.29, 0.717) is 11.9 Å². The lowest BCUT2D eigenvalue weighted by Gasteiger charge is -2.34. The van der Waals surface area contributed by atoms with E-state index in [2.05, 4.69) is 33.2 Å². The van der Waals surface area contributed by atoms with Crippen LogP contribution in [0.5, 0.6) is 0 Å². The summed E-state index contributed by atoms with van der Waals surface area (Å²) >= 11 is 7.58. The fourth-order valence-electron chi connectivity index (χ4n) is 2.39. The quantitative estimate of drug-likeness (QED) is 0.789. The Morgan fingerprint density at radius 3 is 3.06 bits per heavy atom. The van der Waals surface area contributed by atoms with E-state index in [1.165, 1.54) is 10.4 Å². The van der Waals surface area contributed by atoms with Crippen molar-refractivity contribution >= 4 is 28.8 Å². The van der Waals surface area contributed by atoms with Gasteiger partial charge in [-0.2, -0.15) is 0 Å². The summed E-state index contributed by atoms with van der Waals surface area (Å²) in [5.74, 6) is 1.35. The number of aromatic nitrogens is 2. The first-order valence-corrected chi connectivity index (χ1v) is 7.41. The van der Waals surface area contributed by atoms with Gasteiger partial charge in [0.25, 0.3) is 0 Å². The minimum absolute atomic E-state index is 0.371. The molecule has 0 N–H and O–H groups in total. The second kappa shape index (κ2) is 4.86. The van der Waals surface area contributed by atoms with Crippen LogP contribution in [0.25, 0.3) is 0 Å². The molecule has 0 amide bonds. The molecular formula is C13H14ClN3S. The van der Waals surface area contributed by atoms with Crippen LogP contribution in [0.15, 0.2) is 23.8 Å². The van der Waals surface area contributed by atoms with Gasteiger partial charge in [0.1, 0.15) is 5.82 Å². The van der Waals surface area contributed by atoms with E-state index < -0.39 is 0 Å². The lowest BCUT2D eigenvalue weighted by molar-refractivity contribution is 0.623. The minimum Gasteiger partial charge on any atom is -0.348 e. The van der Waals surface area contributed by atoms with E-state index in [0.717, 1.165) is 24.5 Å². The molecular weight excluding hydrogens is 266 g/mol. The average molecular weight is 280 g/mol. The van der Waals surface area contributed by atoms with Crippen molar-refractivity contribution in [2.75, 3.05) is 11.4 Å². The van der Waals surface area contributed by atoms with Crippen molar-refractivity contribution in [2.45, 2.75) is 25.3 Å². The van der Waals surface area contributed by atoms with Crippen LogP contribution in [0.4, 0.5) is 5.82 Å². The zero-order valence-corrected chi connectivity index (χ0v) is 11.7. The van der Waals surface area contributed by atoms with Crippen molar-refractivity contribution in [1.82, 2.24) is 9.97 Å². The summed E-state index contributed by atoms with van der Waals surface area (Å²) in [5.41, 5.74) is 2.25. The van der Waals surface area contributed by atoms with Crippen molar-refractivity contribution in [2.24, 2.45) is 0 Å². The third-order valence-corrected chi connectivity index (χ3v) is 4.67. The summed E-state index contributed by atoms with van der Waals surface area (Å²) in [7, 11) is 0. The number of halogens is 1. The Hall–Kier alpha value is -1.13. The lowest BCUT2D eigenvalue weighted by atomic mass is 10.0. The topological polar surface area (TPSA) is 29.0 Å². The highest BCUT2D eigenvalue weighted by Gasteiger charge is 2.25. The molecule has 2 aromatic heterocycles. The van der Waals surface area contributed by atoms with Gasteiger partial charge in [-0.15, -0.1) is 22.9 Å². The first kappa shape index (κ1) is 11.9. The largest absolute Gasteiger partial charge is 0.348 e. The fourth-order valence-corrected chi connectivity index (χ4v) is 3.49. The van der Waals surface area contributed by atoms with Gasteiger partial charge in [-0.05, 0) is 30.4 Å². The summed E-state index contributed by atoms with van der Waals surface area (Å²) in [5, 5.41) is 2.17. The maximum absolute atomic E-state index is 5.73. The molecule has 3 heterocycles. The Labute approximate surface area is 115 Å². The highest BCUT2D eigenvalue weighted by Crippen LogP contribution is 2.34. The van der Waals surface area contributed by atoms with Gasteiger partial charge in [-0.3, -0.25) is 4.98 Å². The van der Waals surface area contributed by atoms with E-state index in [1.807, 2.05) is 17.5 Å². The van der Waals surface area contributed by atoms with Crippen LogP contribution >= 0.6 is 22.9 Å². The molecule has 0 saturated heterocycles. The Bertz CT molecular complexity index is 537. The second-order valence-electron chi connectivity index (χ2n) is 4.42. The average Bonchev–Trinajstić information content (AvgIpc) is 2.89. The van der Waals surface area contributed by atoms with Crippen molar-refractivity contribution in [3.63, 3.8) is 0 Å². The summed E-state index contributed by atoms with van der Waals surface area (Å²) in [6, 6.07) is 2.59. The summed E-state index contributed by atoms with van der Waals surface area (Å²) < 4.78 is 0. The summed E-state index contributed by atoms with van der Waals surface area (Å²) in [6.45, 7) is 3.23. The minimum atomic E-state index is 0.371. The molecule has 0 spiro atoms. The van der Waals surface area contributed by atoms with Gasteiger partial charge in [0.15, 0.2) is 0 Å². The van der Waals surface area contributed by atoms with Crippen LogP contribution < -0.4 is 4.90 Å². The molecule has 1 unspecified atom stereocenters. The number of fused-ring (bicyclic) bond motifs is 1. The molecule has 0 aliphatic carbocycles. The van der Waals surface area contributed by atoms with Crippen molar-refractivity contribution in [3.05, 3.63) is 40.0 Å². The van der Waals surface area contributed by atoms with E-state index in [9.17, 15) is 0 Å². The van der Waals surface area contributed by atoms with Gasteiger partial charge >= 0.3 is 0 Å².